The fourth-order valence-corrected chi connectivity index (χ4v) is 1.12. The zero-order valence-corrected chi connectivity index (χ0v) is 6.93. The lowest BCUT2D eigenvalue weighted by Gasteiger charge is -2.11. The number of nitrogens with one attached hydrogen (secondary N) is 2. The van der Waals surface area contributed by atoms with Gasteiger partial charge in [0.1, 0.15) is 0 Å². The molecule has 0 fully saturated rings. The molecule has 0 heterocycles. The maximum absolute atomic E-state index is 10.7. The summed E-state index contributed by atoms with van der Waals surface area (Å²) in [6.45, 7) is -0.866. The van der Waals surface area contributed by atoms with E-state index in [2.05, 4.69) is 0 Å². The third-order valence-electron chi connectivity index (χ3n) is 1.03. The van der Waals surface area contributed by atoms with Gasteiger partial charge in [-0.15, -0.1) is 0 Å². The first-order valence-electron chi connectivity index (χ1n) is 2.98. The average Bonchev–Trinajstić information content (AvgIpc) is 2.00. The summed E-state index contributed by atoms with van der Waals surface area (Å²) in [6, 6.07) is -0.840. The molecule has 0 spiro atoms. The minimum Gasteiger partial charge on any atom is -0.395 e. The first-order chi connectivity index (χ1) is 5.05. The van der Waals surface area contributed by atoms with Crippen LogP contribution in [0.4, 0.5) is 0 Å². The van der Waals surface area contributed by atoms with Crippen LogP contribution in [0.25, 0.3) is 0 Å². The van der Waals surface area contributed by atoms with E-state index in [1.165, 1.54) is 7.05 Å². The second-order valence-electron chi connectivity index (χ2n) is 1.89. The fourth-order valence-electron chi connectivity index (χ4n) is 0.411. The van der Waals surface area contributed by atoms with Gasteiger partial charge in [-0.25, -0.2) is 4.72 Å². The molecule has 6 nitrogen and oxygen atoms in total. The molecular weight excluding hydrogens is 172 g/mol. The molecule has 4 N–H and O–H groups in total. The summed E-state index contributed by atoms with van der Waals surface area (Å²) in [7, 11) is -2.33. The van der Waals surface area contributed by atoms with E-state index < -0.39 is 29.5 Å². The van der Waals surface area contributed by atoms with Gasteiger partial charge in [-0.1, -0.05) is 0 Å². The van der Waals surface area contributed by atoms with E-state index in [0.29, 0.717) is 0 Å². The Morgan fingerprint density at radius 3 is 2.09 bits per heavy atom. The Balaban J connectivity index is 4.01. The summed E-state index contributed by atoms with van der Waals surface area (Å²) in [4.78, 5) is 0. The van der Waals surface area contributed by atoms with Gasteiger partial charge in [-0.3, -0.25) is 0 Å². The van der Waals surface area contributed by atoms with Crippen molar-refractivity contribution in [2.24, 2.45) is 0 Å². The normalized spacial score (nSPS) is 12.4. The van der Waals surface area contributed by atoms with Crippen LogP contribution >= 0.6 is 0 Å². The van der Waals surface area contributed by atoms with Crippen LogP contribution in [0.5, 0.6) is 0 Å². The van der Waals surface area contributed by atoms with Gasteiger partial charge in [-0.2, -0.15) is 13.1 Å². The van der Waals surface area contributed by atoms with E-state index in [1.807, 2.05) is 9.44 Å². The molecule has 0 radical (unpaired) electrons. The van der Waals surface area contributed by atoms with E-state index in [-0.39, 0.29) is 0 Å². The lowest BCUT2D eigenvalue weighted by Crippen LogP contribution is -2.44. The Bertz CT molecular complexity index is 186. The van der Waals surface area contributed by atoms with Gasteiger partial charge in [0.25, 0.3) is 10.2 Å². The molecule has 0 rings (SSSR count). The molecule has 0 aliphatic carbocycles. The molecule has 0 saturated carbocycles. The largest absolute Gasteiger partial charge is 0.395 e. The predicted octanol–water partition coefficient (Wildman–Crippen LogP) is -2.61. The molecular formula is C4H12N2O4S. The summed E-state index contributed by atoms with van der Waals surface area (Å²) in [5.74, 6) is 0. The lowest BCUT2D eigenvalue weighted by atomic mass is 10.4. The van der Waals surface area contributed by atoms with Crippen molar-refractivity contribution in [1.29, 1.82) is 0 Å². The van der Waals surface area contributed by atoms with E-state index in [0.717, 1.165) is 0 Å². The molecule has 0 aliphatic heterocycles. The van der Waals surface area contributed by atoms with E-state index in [9.17, 15) is 8.42 Å². The van der Waals surface area contributed by atoms with Crippen LogP contribution in [0, 0.1) is 0 Å². The molecule has 0 aromatic heterocycles. The van der Waals surface area contributed by atoms with Crippen LogP contribution in [-0.2, 0) is 10.2 Å². The van der Waals surface area contributed by atoms with Crippen LogP contribution in [0.2, 0.25) is 0 Å². The number of aliphatic hydroxyl groups excluding tert-OH is 2. The summed E-state index contributed by atoms with van der Waals surface area (Å²) in [5, 5.41) is 16.9. The van der Waals surface area contributed by atoms with E-state index in [4.69, 9.17) is 10.2 Å². The summed E-state index contributed by atoms with van der Waals surface area (Å²) in [5.41, 5.74) is 0. The molecule has 0 aliphatic rings. The van der Waals surface area contributed by atoms with Crippen molar-refractivity contribution in [3.63, 3.8) is 0 Å². The van der Waals surface area contributed by atoms with Gasteiger partial charge in [0.05, 0.1) is 19.3 Å². The zero-order valence-electron chi connectivity index (χ0n) is 6.11. The van der Waals surface area contributed by atoms with E-state index in [1.54, 1.807) is 0 Å². The van der Waals surface area contributed by atoms with Gasteiger partial charge >= 0.3 is 0 Å². The SMILES string of the molecule is CNS(=O)(=O)NC(CO)CO. The number of aliphatic hydroxyl groups is 2. The first-order valence-corrected chi connectivity index (χ1v) is 4.46. The topological polar surface area (TPSA) is 98.7 Å². The highest BCUT2D eigenvalue weighted by Gasteiger charge is 2.13. The molecule has 0 aromatic rings. The molecule has 0 bridgehead atoms. The monoisotopic (exact) mass is 184 g/mol. The van der Waals surface area contributed by atoms with Crippen molar-refractivity contribution in [2.45, 2.75) is 6.04 Å². The molecule has 7 heteroatoms. The van der Waals surface area contributed by atoms with Crippen LogP contribution in [0.3, 0.4) is 0 Å². The van der Waals surface area contributed by atoms with Crippen molar-refractivity contribution in [3.05, 3.63) is 0 Å². The molecule has 0 amide bonds. The number of hydrogen-bond acceptors (Lipinski definition) is 4. The molecule has 68 valence electrons. The van der Waals surface area contributed by atoms with Gasteiger partial charge in [0.15, 0.2) is 0 Å². The van der Waals surface area contributed by atoms with Crippen LogP contribution in [0.1, 0.15) is 0 Å². The standard InChI is InChI=1S/C4H12N2O4S/c1-5-11(9,10)6-4(2-7)3-8/h4-8H,2-3H2,1H3. The van der Waals surface area contributed by atoms with Gasteiger partial charge in [0, 0.05) is 7.05 Å². The highest BCUT2D eigenvalue weighted by Crippen LogP contribution is 1.82. The Morgan fingerprint density at radius 1 is 1.36 bits per heavy atom. The molecule has 0 saturated heterocycles. The van der Waals surface area contributed by atoms with E-state index >= 15 is 0 Å². The van der Waals surface area contributed by atoms with Crippen molar-refractivity contribution in [1.82, 2.24) is 9.44 Å². The van der Waals surface area contributed by atoms with Crippen molar-refractivity contribution < 1.29 is 18.6 Å². The maximum atomic E-state index is 10.7. The van der Waals surface area contributed by atoms with Crippen LogP contribution < -0.4 is 9.44 Å². The molecule has 0 unspecified atom stereocenters. The maximum Gasteiger partial charge on any atom is 0.277 e. The summed E-state index contributed by atoms with van der Waals surface area (Å²) in [6.07, 6.45) is 0. The molecule has 0 aromatic carbocycles. The first kappa shape index (κ1) is 10.8. The Kier molecular flexibility index (Phi) is 4.54. The average molecular weight is 184 g/mol. The van der Waals surface area contributed by atoms with Crippen LogP contribution in [0.15, 0.2) is 0 Å². The lowest BCUT2D eigenvalue weighted by molar-refractivity contribution is 0.184. The van der Waals surface area contributed by atoms with Crippen molar-refractivity contribution >= 4 is 10.2 Å². The van der Waals surface area contributed by atoms with Crippen molar-refractivity contribution in [3.8, 4) is 0 Å². The third kappa shape index (κ3) is 4.27. The third-order valence-corrected chi connectivity index (χ3v) is 2.21. The minimum absolute atomic E-state index is 0.433. The second kappa shape index (κ2) is 4.62. The highest BCUT2D eigenvalue weighted by atomic mass is 32.2. The van der Waals surface area contributed by atoms with Gasteiger partial charge < -0.3 is 10.2 Å². The zero-order chi connectivity index (χ0) is 8.91. The number of hydrogen-bond donors (Lipinski definition) is 4. The quantitative estimate of drug-likeness (QED) is 0.376. The minimum atomic E-state index is -3.56. The Hall–Kier alpha value is -0.210. The number of rotatable bonds is 5. The Morgan fingerprint density at radius 2 is 1.82 bits per heavy atom. The molecule has 0 atom stereocenters. The van der Waals surface area contributed by atoms with Gasteiger partial charge in [-0.05, 0) is 0 Å². The van der Waals surface area contributed by atoms with Crippen LogP contribution in [-0.4, -0.2) is 44.9 Å². The second-order valence-corrected chi connectivity index (χ2v) is 3.54. The molecule has 11 heavy (non-hydrogen) atoms. The summed E-state index contributed by atoms with van der Waals surface area (Å²) >= 11 is 0. The van der Waals surface area contributed by atoms with Gasteiger partial charge in [0.2, 0.25) is 0 Å². The predicted molar refractivity (Wildman–Crippen MR) is 39.1 cm³/mol. The highest BCUT2D eigenvalue weighted by molar-refractivity contribution is 7.87. The smallest absolute Gasteiger partial charge is 0.277 e. The Labute approximate surface area is 65.4 Å². The van der Waals surface area contributed by atoms with Crippen molar-refractivity contribution in [2.75, 3.05) is 20.3 Å². The fraction of sp³-hybridized carbons (Fsp3) is 1.00. The summed E-state index contributed by atoms with van der Waals surface area (Å²) < 4.78 is 25.3.